The van der Waals surface area contributed by atoms with E-state index in [1.54, 1.807) is 6.20 Å². The van der Waals surface area contributed by atoms with Gasteiger partial charge in [-0.05, 0) is 42.8 Å². The Labute approximate surface area is 111 Å². The second kappa shape index (κ2) is 5.36. The van der Waals surface area contributed by atoms with Crippen LogP contribution in [0.3, 0.4) is 0 Å². The Kier molecular flexibility index (Phi) is 4.05. The van der Waals surface area contributed by atoms with Gasteiger partial charge in [0.2, 0.25) is 5.88 Å². The maximum atomic E-state index is 5.97. The van der Waals surface area contributed by atoms with E-state index >= 15 is 0 Å². The van der Waals surface area contributed by atoms with Crippen molar-refractivity contribution in [2.75, 3.05) is 0 Å². The Balaban J connectivity index is 2.04. The van der Waals surface area contributed by atoms with E-state index in [4.69, 9.17) is 9.47 Å². The first kappa shape index (κ1) is 12.8. The van der Waals surface area contributed by atoms with Gasteiger partial charge < -0.3 is 9.47 Å². The highest BCUT2D eigenvalue weighted by Crippen LogP contribution is 2.26. The number of rotatable bonds is 2. The van der Waals surface area contributed by atoms with Crippen molar-refractivity contribution in [2.45, 2.75) is 51.9 Å². The number of hydrogen-bond donors (Lipinski definition) is 0. The molecule has 3 atom stereocenters. The van der Waals surface area contributed by atoms with Crippen molar-refractivity contribution in [3.05, 3.63) is 22.3 Å². The quantitative estimate of drug-likeness (QED) is 0.838. The summed E-state index contributed by atoms with van der Waals surface area (Å²) >= 11 is 3.40. The Morgan fingerprint density at radius 2 is 2.00 bits per heavy atom. The van der Waals surface area contributed by atoms with Crippen LogP contribution in [0, 0.1) is 6.92 Å². The van der Waals surface area contributed by atoms with Crippen molar-refractivity contribution in [2.24, 2.45) is 0 Å². The average Bonchev–Trinajstić information content (AvgIpc) is 2.21. The summed E-state index contributed by atoms with van der Waals surface area (Å²) < 4.78 is 12.6. The lowest BCUT2D eigenvalue weighted by molar-refractivity contribution is -0.0731. The molecule has 17 heavy (non-hydrogen) atoms. The van der Waals surface area contributed by atoms with Gasteiger partial charge in [0.25, 0.3) is 0 Å². The van der Waals surface area contributed by atoms with Gasteiger partial charge in [-0.3, -0.25) is 0 Å². The fourth-order valence-electron chi connectivity index (χ4n) is 2.25. The third kappa shape index (κ3) is 3.42. The molecule has 0 aromatic carbocycles. The molecular weight excluding hydrogens is 282 g/mol. The standard InChI is InChI=1S/C13H18BrNO2/c1-8-4-11(14)7-15-13(8)17-12-5-9(2)16-10(3)6-12/h4,7,9-10,12H,5-6H2,1-3H3/t9-,10+,12?. The van der Waals surface area contributed by atoms with Gasteiger partial charge in [-0.1, -0.05) is 0 Å². The van der Waals surface area contributed by atoms with Gasteiger partial charge >= 0.3 is 0 Å². The maximum Gasteiger partial charge on any atom is 0.216 e. The molecule has 4 heteroatoms. The molecule has 2 rings (SSSR count). The third-order valence-corrected chi connectivity index (χ3v) is 3.36. The number of hydrogen-bond acceptors (Lipinski definition) is 3. The highest BCUT2D eigenvalue weighted by Gasteiger charge is 2.26. The van der Waals surface area contributed by atoms with E-state index in [1.165, 1.54) is 0 Å². The molecule has 1 aliphatic heterocycles. The number of ether oxygens (including phenoxy) is 2. The van der Waals surface area contributed by atoms with Crippen LogP contribution in [0.1, 0.15) is 32.3 Å². The summed E-state index contributed by atoms with van der Waals surface area (Å²) in [6.07, 6.45) is 4.37. The molecule has 1 aliphatic rings. The highest BCUT2D eigenvalue weighted by atomic mass is 79.9. The third-order valence-electron chi connectivity index (χ3n) is 2.93. The van der Waals surface area contributed by atoms with E-state index in [9.17, 15) is 0 Å². The van der Waals surface area contributed by atoms with Gasteiger partial charge in [0.15, 0.2) is 0 Å². The van der Waals surface area contributed by atoms with Gasteiger partial charge in [-0.15, -0.1) is 0 Å². The van der Waals surface area contributed by atoms with Crippen molar-refractivity contribution < 1.29 is 9.47 Å². The summed E-state index contributed by atoms with van der Waals surface area (Å²) in [5.74, 6) is 0.736. The highest BCUT2D eigenvalue weighted by molar-refractivity contribution is 9.10. The predicted molar refractivity (Wildman–Crippen MR) is 70.3 cm³/mol. The van der Waals surface area contributed by atoms with Crippen molar-refractivity contribution in [3.63, 3.8) is 0 Å². The molecule has 0 aliphatic carbocycles. The van der Waals surface area contributed by atoms with Crippen LogP contribution in [0.4, 0.5) is 0 Å². The molecule has 1 saturated heterocycles. The molecule has 1 aromatic heterocycles. The smallest absolute Gasteiger partial charge is 0.216 e. The summed E-state index contributed by atoms with van der Waals surface area (Å²) in [6, 6.07) is 2.02. The monoisotopic (exact) mass is 299 g/mol. The number of halogens is 1. The molecule has 1 unspecified atom stereocenters. The number of aromatic nitrogens is 1. The fourth-order valence-corrected chi connectivity index (χ4v) is 2.70. The first-order valence-corrected chi connectivity index (χ1v) is 6.78. The van der Waals surface area contributed by atoms with Gasteiger partial charge in [0.1, 0.15) is 6.10 Å². The number of aryl methyl sites for hydroxylation is 1. The molecule has 0 amide bonds. The van der Waals surface area contributed by atoms with Crippen LogP contribution in [-0.2, 0) is 4.74 Å². The van der Waals surface area contributed by atoms with Crippen LogP contribution in [0.15, 0.2) is 16.7 Å². The van der Waals surface area contributed by atoms with Crippen LogP contribution in [0.2, 0.25) is 0 Å². The SMILES string of the molecule is Cc1cc(Br)cnc1OC1C[C@@H](C)O[C@@H](C)C1. The summed E-state index contributed by atoms with van der Waals surface area (Å²) in [5.41, 5.74) is 1.06. The summed E-state index contributed by atoms with van der Waals surface area (Å²) in [5, 5.41) is 0. The molecule has 0 saturated carbocycles. The summed E-state index contributed by atoms with van der Waals surface area (Å²) in [4.78, 5) is 4.31. The summed E-state index contributed by atoms with van der Waals surface area (Å²) in [6.45, 7) is 6.20. The van der Waals surface area contributed by atoms with E-state index in [2.05, 4.69) is 34.8 Å². The van der Waals surface area contributed by atoms with E-state index in [0.29, 0.717) is 0 Å². The topological polar surface area (TPSA) is 31.4 Å². The lowest BCUT2D eigenvalue weighted by Gasteiger charge is -2.32. The zero-order valence-electron chi connectivity index (χ0n) is 10.4. The molecule has 1 fully saturated rings. The fraction of sp³-hybridized carbons (Fsp3) is 0.615. The molecular formula is C13H18BrNO2. The van der Waals surface area contributed by atoms with E-state index < -0.39 is 0 Å². The molecule has 94 valence electrons. The molecule has 2 heterocycles. The first-order chi connectivity index (χ1) is 8.04. The minimum atomic E-state index is 0.209. The minimum Gasteiger partial charge on any atom is -0.474 e. The van der Waals surface area contributed by atoms with E-state index in [1.807, 2.05) is 13.0 Å². The Morgan fingerprint density at radius 1 is 1.35 bits per heavy atom. The lowest BCUT2D eigenvalue weighted by Crippen LogP contribution is -2.36. The maximum absolute atomic E-state index is 5.97. The van der Waals surface area contributed by atoms with Crippen LogP contribution in [0.5, 0.6) is 5.88 Å². The summed E-state index contributed by atoms with van der Waals surface area (Å²) in [7, 11) is 0. The van der Waals surface area contributed by atoms with Crippen molar-refractivity contribution >= 4 is 15.9 Å². The van der Waals surface area contributed by atoms with E-state index in [0.717, 1.165) is 28.8 Å². The van der Waals surface area contributed by atoms with Gasteiger partial charge in [0, 0.05) is 29.1 Å². The van der Waals surface area contributed by atoms with Crippen molar-refractivity contribution in [3.8, 4) is 5.88 Å². The molecule has 0 radical (unpaired) electrons. The predicted octanol–water partition coefficient (Wildman–Crippen LogP) is 3.49. The molecule has 3 nitrogen and oxygen atoms in total. The Bertz CT molecular complexity index is 387. The first-order valence-electron chi connectivity index (χ1n) is 5.99. The molecule has 0 N–H and O–H groups in total. The largest absolute Gasteiger partial charge is 0.474 e. The zero-order valence-corrected chi connectivity index (χ0v) is 12.0. The van der Waals surface area contributed by atoms with Crippen LogP contribution >= 0.6 is 15.9 Å². The van der Waals surface area contributed by atoms with Crippen molar-refractivity contribution in [1.29, 1.82) is 0 Å². The van der Waals surface area contributed by atoms with Crippen LogP contribution < -0.4 is 4.74 Å². The lowest BCUT2D eigenvalue weighted by atomic mass is 10.0. The molecule has 0 spiro atoms. The molecule has 0 bridgehead atoms. The van der Waals surface area contributed by atoms with Crippen LogP contribution in [0.25, 0.3) is 0 Å². The number of pyridine rings is 1. The van der Waals surface area contributed by atoms with Gasteiger partial charge in [-0.2, -0.15) is 0 Å². The zero-order chi connectivity index (χ0) is 12.4. The molecule has 1 aromatic rings. The minimum absolute atomic E-state index is 0.209. The van der Waals surface area contributed by atoms with Gasteiger partial charge in [-0.25, -0.2) is 4.98 Å². The average molecular weight is 300 g/mol. The van der Waals surface area contributed by atoms with E-state index in [-0.39, 0.29) is 18.3 Å². The normalized spacial score (nSPS) is 29.1. The number of nitrogens with zero attached hydrogens (tertiary/aromatic N) is 1. The Morgan fingerprint density at radius 3 is 2.59 bits per heavy atom. The Hall–Kier alpha value is -0.610. The second-order valence-electron chi connectivity index (χ2n) is 4.74. The second-order valence-corrected chi connectivity index (χ2v) is 5.66. The van der Waals surface area contributed by atoms with Gasteiger partial charge in [0.05, 0.1) is 12.2 Å². The van der Waals surface area contributed by atoms with Crippen molar-refractivity contribution in [1.82, 2.24) is 4.98 Å². The van der Waals surface area contributed by atoms with Crippen LogP contribution in [-0.4, -0.2) is 23.3 Å².